The van der Waals surface area contributed by atoms with Crippen LogP contribution in [0, 0.1) is 5.41 Å². The van der Waals surface area contributed by atoms with Gasteiger partial charge < -0.3 is 21.5 Å². The summed E-state index contributed by atoms with van der Waals surface area (Å²) in [5.41, 5.74) is 2.88. The van der Waals surface area contributed by atoms with Crippen molar-refractivity contribution in [3.05, 3.63) is 0 Å². The van der Waals surface area contributed by atoms with E-state index in [1.165, 1.54) is 20.8 Å². The van der Waals surface area contributed by atoms with Crippen LogP contribution in [-0.4, -0.2) is 35.1 Å². The molecule has 0 rings (SSSR count). The Morgan fingerprint density at radius 3 is 2.06 bits per heavy atom. The van der Waals surface area contributed by atoms with Gasteiger partial charge in [0.05, 0.1) is 5.41 Å². The third kappa shape index (κ3) is 4.23. The van der Waals surface area contributed by atoms with Crippen molar-refractivity contribution < 1.29 is 19.5 Å². The second kappa shape index (κ2) is 5.70. The summed E-state index contributed by atoms with van der Waals surface area (Å²) >= 11 is 0. The lowest BCUT2D eigenvalue weighted by Gasteiger charge is -2.26. The van der Waals surface area contributed by atoms with Gasteiger partial charge in [0.15, 0.2) is 0 Å². The first-order valence-electron chi connectivity index (χ1n) is 5.64. The van der Waals surface area contributed by atoms with E-state index in [-0.39, 0.29) is 6.54 Å². The van der Waals surface area contributed by atoms with Gasteiger partial charge in [-0.1, -0.05) is 6.92 Å². The minimum atomic E-state index is -1.18. The second-order valence-corrected chi connectivity index (χ2v) is 5.02. The number of hydrogen-bond donors (Lipinski definition) is 4. The largest absolute Gasteiger partial charge is 0.481 e. The Morgan fingerprint density at radius 2 is 1.72 bits per heavy atom. The smallest absolute Gasteiger partial charge is 0.315 e. The van der Waals surface area contributed by atoms with Gasteiger partial charge in [-0.15, -0.1) is 0 Å². The molecule has 3 amide bonds. The van der Waals surface area contributed by atoms with Gasteiger partial charge in [-0.3, -0.25) is 9.59 Å². The Labute approximate surface area is 106 Å². The van der Waals surface area contributed by atoms with E-state index in [0.29, 0.717) is 6.42 Å². The number of carboxylic acids is 1. The molecule has 0 saturated heterocycles. The first kappa shape index (κ1) is 16.2. The molecule has 0 aliphatic heterocycles. The predicted octanol–water partition coefficient (Wildman–Crippen LogP) is 0.0504. The van der Waals surface area contributed by atoms with Crippen LogP contribution < -0.4 is 16.4 Å². The summed E-state index contributed by atoms with van der Waals surface area (Å²) in [5, 5.41) is 13.8. The summed E-state index contributed by atoms with van der Waals surface area (Å²) < 4.78 is 0. The van der Waals surface area contributed by atoms with Crippen LogP contribution in [0.25, 0.3) is 0 Å². The van der Waals surface area contributed by atoms with Gasteiger partial charge in [-0.05, 0) is 27.2 Å². The van der Waals surface area contributed by atoms with Gasteiger partial charge in [0.1, 0.15) is 5.54 Å². The number of carboxylic acid groups (broad SMARTS) is 1. The molecular weight excluding hydrogens is 238 g/mol. The summed E-state index contributed by atoms with van der Waals surface area (Å²) in [6.45, 7) is 6.16. The second-order valence-electron chi connectivity index (χ2n) is 5.02. The highest BCUT2D eigenvalue weighted by Gasteiger charge is 2.32. The fourth-order valence-electron chi connectivity index (χ4n) is 1.02. The summed E-state index contributed by atoms with van der Waals surface area (Å²) in [5.74, 6) is -1.66. The molecule has 0 heterocycles. The Hall–Kier alpha value is -1.79. The fourth-order valence-corrected chi connectivity index (χ4v) is 1.02. The molecule has 5 N–H and O–H groups in total. The molecule has 0 aromatic heterocycles. The summed E-state index contributed by atoms with van der Waals surface area (Å²) in [7, 11) is 0. The SMILES string of the molecule is CCC(C)(CNC(=O)NC(C)(C)C(N)=O)C(=O)O. The zero-order valence-corrected chi connectivity index (χ0v) is 11.2. The number of carbonyl (C=O) groups is 3. The van der Waals surface area contributed by atoms with Crippen LogP contribution in [0.5, 0.6) is 0 Å². The molecule has 0 spiro atoms. The maximum Gasteiger partial charge on any atom is 0.315 e. The number of carbonyl (C=O) groups excluding carboxylic acids is 2. The number of aliphatic carboxylic acids is 1. The fraction of sp³-hybridized carbons (Fsp3) is 0.727. The van der Waals surface area contributed by atoms with E-state index >= 15 is 0 Å². The number of urea groups is 1. The Morgan fingerprint density at radius 1 is 1.22 bits per heavy atom. The molecule has 0 bridgehead atoms. The van der Waals surface area contributed by atoms with E-state index in [4.69, 9.17) is 10.8 Å². The lowest BCUT2D eigenvalue weighted by molar-refractivity contribution is -0.147. The summed E-state index contributed by atoms with van der Waals surface area (Å²) in [6, 6.07) is -0.625. The minimum absolute atomic E-state index is 0.0283. The average Bonchev–Trinajstić information content (AvgIpc) is 2.24. The molecule has 0 radical (unpaired) electrons. The van der Waals surface area contributed by atoms with Crippen LogP contribution in [0.15, 0.2) is 0 Å². The summed E-state index contributed by atoms with van der Waals surface area (Å²) in [6.07, 6.45) is 0.377. The number of amides is 3. The maximum absolute atomic E-state index is 11.5. The highest BCUT2D eigenvalue weighted by molar-refractivity contribution is 5.89. The van der Waals surface area contributed by atoms with Crippen molar-refractivity contribution in [2.75, 3.05) is 6.54 Å². The lowest BCUT2D eigenvalue weighted by atomic mass is 9.88. The molecular formula is C11H21N3O4. The standard InChI is InChI=1S/C11H21N3O4/c1-5-11(4,8(16)17)6-13-9(18)14-10(2,3)7(12)15/h5-6H2,1-4H3,(H2,12,15)(H,16,17)(H2,13,14,18). The van der Waals surface area contributed by atoms with Crippen LogP contribution in [0.2, 0.25) is 0 Å². The zero-order valence-electron chi connectivity index (χ0n) is 11.2. The third-order valence-electron chi connectivity index (χ3n) is 2.98. The van der Waals surface area contributed by atoms with Crippen molar-refractivity contribution >= 4 is 17.9 Å². The lowest BCUT2D eigenvalue weighted by Crippen LogP contribution is -2.57. The molecule has 7 nitrogen and oxygen atoms in total. The number of rotatable bonds is 6. The van der Waals surface area contributed by atoms with Gasteiger partial charge in [-0.25, -0.2) is 4.79 Å². The van der Waals surface area contributed by atoms with E-state index in [0.717, 1.165) is 0 Å². The van der Waals surface area contributed by atoms with Gasteiger partial charge in [0.25, 0.3) is 0 Å². The first-order chi connectivity index (χ1) is 8.05. The van der Waals surface area contributed by atoms with Crippen LogP contribution in [0.3, 0.4) is 0 Å². The molecule has 0 aliphatic rings. The highest BCUT2D eigenvalue weighted by atomic mass is 16.4. The Kier molecular flexibility index (Phi) is 5.13. The van der Waals surface area contributed by atoms with Crippen LogP contribution >= 0.6 is 0 Å². The topological polar surface area (TPSA) is 122 Å². The van der Waals surface area contributed by atoms with Gasteiger partial charge in [0, 0.05) is 6.54 Å². The molecule has 0 fully saturated rings. The summed E-state index contributed by atoms with van der Waals surface area (Å²) in [4.78, 5) is 33.5. The molecule has 7 heteroatoms. The molecule has 1 atom stereocenters. The molecule has 0 aromatic rings. The number of primary amides is 1. The predicted molar refractivity (Wildman–Crippen MR) is 65.8 cm³/mol. The van der Waals surface area contributed by atoms with E-state index in [9.17, 15) is 14.4 Å². The normalized spacial score (nSPS) is 14.4. The van der Waals surface area contributed by atoms with Crippen molar-refractivity contribution in [3.63, 3.8) is 0 Å². The van der Waals surface area contributed by atoms with Gasteiger partial charge in [0.2, 0.25) is 5.91 Å². The van der Waals surface area contributed by atoms with Crippen molar-refractivity contribution in [1.82, 2.24) is 10.6 Å². The monoisotopic (exact) mass is 259 g/mol. The number of nitrogens with two attached hydrogens (primary N) is 1. The molecule has 18 heavy (non-hydrogen) atoms. The van der Waals surface area contributed by atoms with E-state index < -0.39 is 28.9 Å². The molecule has 0 aliphatic carbocycles. The van der Waals surface area contributed by atoms with Crippen LogP contribution in [-0.2, 0) is 9.59 Å². The Balaban J connectivity index is 4.44. The van der Waals surface area contributed by atoms with Gasteiger partial charge >= 0.3 is 12.0 Å². The van der Waals surface area contributed by atoms with E-state index in [2.05, 4.69) is 10.6 Å². The van der Waals surface area contributed by atoms with E-state index in [1.54, 1.807) is 6.92 Å². The molecule has 1 unspecified atom stereocenters. The third-order valence-corrected chi connectivity index (χ3v) is 2.98. The van der Waals surface area contributed by atoms with Crippen LogP contribution in [0.1, 0.15) is 34.1 Å². The Bertz CT molecular complexity index is 354. The van der Waals surface area contributed by atoms with Crippen molar-refractivity contribution in [2.24, 2.45) is 11.1 Å². The van der Waals surface area contributed by atoms with Crippen molar-refractivity contribution in [1.29, 1.82) is 0 Å². The van der Waals surface area contributed by atoms with Crippen molar-refractivity contribution in [3.8, 4) is 0 Å². The number of hydrogen-bond acceptors (Lipinski definition) is 3. The quantitative estimate of drug-likeness (QED) is 0.538. The van der Waals surface area contributed by atoms with Crippen molar-refractivity contribution in [2.45, 2.75) is 39.7 Å². The van der Waals surface area contributed by atoms with E-state index in [1.807, 2.05) is 0 Å². The first-order valence-corrected chi connectivity index (χ1v) is 5.64. The van der Waals surface area contributed by atoms with Crippen LogP contribution in [0.4, 0.5) is 4.79 Å². The molecule has 104 valence electrons. The number of nitrogens with one attached hydrogen (secondary N) is 2. The molecule has 0 aromatic carbocycles. The average molecular weight is 259 g/mol. The van der Waals surface area contributed by atoms with Gasteiger partial charge in [-0.2, -0.15) is 0 Å². The minimum Gasteiger partial charge on any atom is -0.481 e. The highest BCUT2D eigenvalue weighted by Crippen LogP contribution is 2.19. The molecule has 0 saturated carbocycles. The maximum atomic E-state index is 11.5. The zero-order chi connectivity index (χ0) is 14.6.